The number of carbonyl (C=O) groups is 1. The molecule has 0 radical (unpaired) electrons. The topological polar surface area (TPSA) is 102 Å². The quantitative estimate of drug-likeness (QED) is 0.872. The Morgan fingerprint density at radius 2 is 2.08 bits per heavy atom. The highest BCUT2D eigenvalue weighted by molar-refractivity contribution is 7.91. The molecule has 1 saturated heterocycles. The molecule has 128 valence electrons. The van der Waals surface area contributed by atoms with Crippen molar-refractivity contribution in [2.75, 3.05) is 11.5 Å². The van der Waals surface area contributed by atoms with Gasteiger partial charge in [-0.15, -0.1) is 0 Å². The fourth-order valence-corrected chi connectivity index (χ4v) is 4.28. The van der Waals surface area contributed by atoms with Crippen molar-refractivity contribution in [1.29, 1.82) is 0 Å². The zero-order chi connectivity index (χ0) is 17.2. The van der Waals surface area contributed by atoms with Gasteiger partial charge in [0, 0.05) is 24.4 Å². The van der Waals surface area contributed by atoms with E-state index in [1.807, 2.05) is 31.2 Å². The van der Waals surface area contributed by atoms with Gasteiger partial charge in [0.2, 0.25) is 17.6 Å². The van der Waals surface area contributed by atoms with Crippen LogP contribution in [0.15, 0.2) is 28.8 Å². The summed E-state index contributed by atoms with van der Waals surface area (Å²) in [4.78, 5) is 16.2. The summed E-state index contributed by atoms with van der Waals surface area (Å²) in [6.45, 7) is 2.00. The van der Waals surface area contributed by atoms with E-state index in [0.29, 0.717) is 24.6 Å². The minimum Gasteiger partial charge on any atom is -0.352 e. The van der Waals surface area contributed by atoms with Gasteiger partial charge in [0.05, 0.1) is 11.5 Å². The van der Waals surface area contributed by atoms with E-state index in [1.165, 1.54) is 0 Å². The Balaban J connectivity index is 1.52. The predicted molar refractivity (Wildman–Crippen MR) is 88.0 cm³/mol. The number of hydrogen-bond donors (Lipinski definition) is 1. The Hall–Kier alpha value is -2.22. The minimum absolute atomic E-state index is 0.0247. The zero-order valence-electron chi connectivity index (χ0n) is 13.4. The van der Waals surface area contributed by atoms with Crippen LogP contribution in [0.1, 0.15) is 24.3 Å². The lowest BCUT2D eigenvalue weighted by Crippen LogP contribution is -2.35. The number of rotatable bonds is 5. The number of nitrogens with zero attached hydrogens (tertiary/aromatic N) is 2. The van der Waals surface area contributed by atoms with E-state index in [1.54, 1.807) is 0 Å². The van der Waals surface area contributed by atoms with Crippen LogP contribution in [-0.2, 0) is 21.1 Å². The van der Waals surface area contributed by atoms with E-state index in [9.17, 15) is 13.2 Å². The van der Waals surface area contributed by atoms with Crippen molar-refractivity contribution in [3.63, 3.8) is 0 Å². The van der Waals surface area contributed by atoms with Gasteiger partial charge in [-0.25, -0.2) is 8.42 Å². The minimum atomic E-state index is -2.99. The monoisotopic (exact) mass is 349 g/mol. The Labute approximate surface area is 140 Å². The van der Waals surface area contributed by atoms with Crippen molar-refractivity contribution in [1.82, 2.24) is 15.5 Å². The molecule has 1 aromatic heterocycles. The second kappa shape index (κ2) is 6.72. The standard InChI is InChI=1S/C16H19N3O4S/c1-11-2-4-12(5-3-11)16-18-15(23-19-16)7-6-14(20)17-13-8-9-24(21,22)10-13/h2-5,13H,6-10H2,1H3,(H,17,20)/t13-/m0/s1. The van der Waals surface area contributed by atoms with Gasteiger partial charge in [0.25, 0.3) is 0 Å². The van der Waals surface area contributed by atoms with Crippen molar-refractivity contribution >= 4 is 15.7 Å². The molecule has 7 nitrogen and oxygen atoms in total. The lowest BCUT2D eigenvalue weighted by Gasteiger charge is -2.09. The number of carbonyl (C=O) groups excluding carboxylic acids is 1. The summed E-state index contributed by atoms with van der Waals surface area (Å²) in [5, 5.41) is 6.66. The Bertz CT molecular complexity index is 827. The van der Waals surface area contributed by atoms with E-state index < -0.39 is 9.84 Å². The van der Waals surface area contributed by atoms with Gasteiger partial charge < -0.3 is 9.84 Å². The van der Waals surface area contributed by atoms with Crippen molar-refractivity contribution in [3.05, 3.63) is 35.7 Å². The average Bonchev–Trinajstić information content (AvgIpc) is 3.12. The molecular weight excluding hydrogens is 330 g/mol. The maximum absolute atomic E-state index is 11.9. The molecule has 1 N–H and O–H groups in total. The zero-order valence-corrected chi connectivity index (χ0v) is 14.2. The predicted octanol–water partition coefficient (Wildman–Crippen LogP) is 1.28. The van der Waals surface area contributed by atoms with Crippen LogP contribution in [0.2, 0.25) is 0 Å². The molecule has 0 saturated carbocycles. The molecule has 24 heavy (non-hydrogen) atoms. The highest BCUT2D eigenvalue weighted by Crippen LogP contribution is 2.17. The van der Waals surface area contributed by atoms with E-state index in [0.717, 1.165) is 11.1 Å². The summed E-state index contributed by atoms with van der Waals surface area (Å²) in [5.74, 6) is 0.845. The first-order valence-electron chi connectivity index (χ1n) is 7.81. The number of sulfone groups is 1. The molecule has 1 fully saturated rings. The molecule has 2 aromatic rings. The fourth-order valence-electron chi connectivity index (χ4n) is 2.61. The summed E-state index contributed by atoms with van der Waals surface area (Å²) in [6.07, 6.45) is 0.989. The SMILES string of the molecule is Cc1ccc(-c2noc(CCC(=O)N[C@H]3CCS(=O)(=O)C3)n2)cc1. The molecule has 1 amide bonds. The molecule has 0 bridgehead atoms. The molecule has 0 aliphatic carbocycles. The number of aromatic nitrogens is 2. The third-order valence-electron chi connectivity index (χ3n) is 3.94. The van der Waals surface area contributed by atoms with E-state index in [-0.39, 0.29) is 29.9 Å². The smallest absolute Gasteiger partial charge is 0.227 e. The van der Waals surface area contributed by atoms with Crippen molar-refractivity contribution in [2.24, 2.45) is 0 Å². The van der Waals surface area contributed by atoms with Gasteiger partial charge in [-0.05, 0) is 13.3 Å². The molecule has 8 heteroatoms. The van der Waals surface area contributed by atoms with Gasteiger partial charge >= 0.3 is 0 Å². The van der Waals surface area contributed by atoms with Crippen LogP contribution in [0, 0.1) is 6.92 Å². The van der Waals surface area contributed by atoms with Gasteiger partial charge in [-0.1, -0.05) is 35.0 Å². The van der Waals surface area contributed by atoms with E-state index >= 15 is 0 Å². The van der Waals surface area contributed by atoms with Crippen LogP contribution in [0.5, 0.6) is 0 Å². The first-order valence-corrected chi connectivity index (χ1v) is 9.63. The van der Waals surface area contributed by atoms with Gasteiger partial charge in [-0.3, -0.25) is 4.79 Å². The Morgan fingerprint density at radius 3 is 2.75 bits per heavy atom. The third-order valence-corrected chi connectivity index (χ3v) is 5.71. The molecule has 0 unspecified atom stereocenters. The van der Waals surface area contributed by atoms with Crippen LogP contribution in [0.4, 0.5) is 0 Å². The molecule has 1 aliphatic heterocycles. The highest BCUT2D eigenvalue weighted by Gasteiger charge is 2.28. The summed E-state index contributed by atoms with van der Waals surface area (Å²) >= 11 is 0. The largest absolute Gasteiger partial charge is 0.352 e. The summed E-state index contributed by atoms with van der Waals surface area (Å²) in [7, 11) is -2.99. The third kappa shape index (κ3) is 4.19. The molecular formula is C16H19N3O4S. The Kier molecular flexibility index (Phi) is 4.66. The molecule has 2 heterocycles. The fraction of sp³-hybridized carbons (Fsp3) is 0.438. The van der Waals surface area contributed by atoms with Crippen molar-refractivity contribution in [3.8, 4) is 11.4 Å². The van der Waals surface area contributed by atoms with E-state index in [2.05, 4.69) is 15.5 Å². The number of nitrogens with one attached hydrogen (secondary N) is 1. The average molecular weight is 349 g/mol. The molecule has 1 atom stereocenters. The number of benzene rings is 1. The second-order valence-electron chi connectivity index (χ2n) is 6.05. The normalized spacial score (nSPS) is 19.3. The van der Waals surface area contributed by atoms with Crippen LogP contribution in [0.3, 0.4) is 0 Å². The number of aryl methyl sites for hydroxylation is 2. The second-order valence-corrected chi connectivity index (χ2v) is 8.27. The molecule has 1 aliphatic rings. The summed E-state index contributed by atoms with van der Waals surface area (Å²) in [6, 6.07) is 7.48. The van der Waals surface area contributed by atoms with Crippen LogP contribution < -0.4 is 5.32 Å². The van der Waals surface area contributed by atoms with Gasteiger partial charge in [0.15, 0.2) is 9.84 Å². The maximum atomic E-state index is 11.9. The lowest BCUT2D eigenvalue weighted by molar-refractivity contribution is -0.121. The first-order chi connectivity index (χ1) is 11.4. The lowest BCUT2D eigenvalue weighted by atomic mass is 10.1. The molecule has 3 rings (SSSR count). The van der Waals surface area contributed by atoms with Crippen LogP contribution in [-0.4, -0.2) is 42.0 Å². The maximum Gasteiger partial charge on any atom is 0.227 e. The molecule has 0 spiro atoms. The Morgan fingerprint density at radius 1 is 1.33 bits per heavy atom. The van der Waals surface area contributed by atoms with E-state index in [4.69, 9.17) is 4.52 Å². The van der Waals surface area contributed by atoms with Crippen LogP contribution >= 0.6 is 0 Å². The summed E-state index contributed by atoms with van der Waals surface area (Å²) in [5.41, 5.74) is 2.00. The summed E-state index contributed by atoms with van der Waals surface area (Å²) < 4.78 is 27.9. The van der Waals surface area contributed by atoms with Gasteiger partial charge in [0.1, 0.15) is 0 Å². The number of amides is 1. The van der Waals surface area contributed by atoms with Gasteiger partial charge in [-0.2, -0.15) is 4.98 Å². The number of hydrogen-bond acceptors (Lipinski definition) is 6. The van der Waals surface area contributed by atoms with Crippen molar-refractivity contribution < 1.29 is 17.7 Å². The van der Waals surface area contributed by atoms with Crippen LogP contribution in [0.25, 0.3) is 11.4 Å². The first kappa shape index (κ1) is 16.6. The van der Waals surface area contributed by atoms with Crippen molar-refractivity contribution in [2.45, 2.75) is 32.2 Å². The molecule has 1 aromatic carbocycles. The highest BCUT2D eigenvalue weighted by atomic mass is 32.2.